The van der Waals surface area contributed by atoms with Gasteiger partial charge in [0.25, 0.3) is 0 Å². The van der Waals surface area contributed by atoms with Crippen molar-refractivity contribution in [1.29, 1.82) is 0 Å². The van der Waals surface area contributed by atoms with Gasteiger partial charge >= 0.3 is 0 Å². The van der Waals surface area contributed by atoms with Gasteiger partial charge in [-0.05, 0) is 48.6 Å². The van der Waals surface area contributed by atoms with Gasteiger partial charge in [-0.1, -0.05) is 32.9 Å². The van der Waals surface area contributed by atoms with Crippen LogP contribution in [0.2, 0.25) is 0 Å². The number of thiophene rings is 1. The molecule has 0 atom stereocenters. The summed E-state index contributed by atoms with van der Waals surface area (Å²) < 4.78 is 0. The first-order valence-corrected chi connectivity index (χ1v) is 7.76. The van der Waals surface area contributed by atoms with E-state index in [9.17, 15) is 4.79 Å². The first-order chi connectivity index (χ1) is 9.19. The maximum absolute atomic E-state index is 12.5. The summed E-state index contributed by atoms with van der Waals surface area (Å²) in [4.78, 5) is 14.6. The van der Waals surface area contributed by atoms with E-state index in [0.29, 0.717) is 0 Å². The van der Waals surface area contributed by atoms with E-state index in [1.54, 1.807) is 11.3 Å². The molecule has 0 amide bonds. The lowest BCUT2D eigenvalue weighted by Gasteiger charge is -2.07. The Balaban J connectivity index is 2.33. The van der Waals surface area contributed by atoms with E-state index in [2.05, 4.69) is 39.0 Å². The van der Waals surface area contributed by atoms with Crippen LogP contribution in [0.1, 0.15) is 52.0 Å². The third-order valence-corrected chi connectivity index (χ3v) is 4.69. The zero-order valence-corrected chi connectivity index (χ0v) is 12.6. The number of aryl methyl sites for hydroxylation is 3. The van der Waals surface area contributed by atoms with Gasteiger partial charge in [-0.25, -0.2) is 0 Å². The molecule has 1 aromatic carbocycles. The monoisotopic (exact) mass is 272 g/mol. The maximum Gasteiger partial charge on any atom is 0.202 e. The molecule has 2 heteroatoms. The molecule has 0 saturated carbocycles. The van der Waals surface area contributed by atoms with Crippen LogP contribution in [0.5, 0.6) is 0 Å². The van der Waals surface area contributed by atoms with Gasteiger partial charge in [-0.2, -0.15) is 0 Å². The second-order valence-corrected chi connectivity index (χ2v) is 5.81. The summed E-state index contributed by atoms with van der Waals surface area (Å²) in [5.41, 5.74) is 3.46. The highest BCUT2D eigenvalue weighted by Gasteiger charge is 2.13. The van der Waals surface area contributed by atoms with Crippen molar-refractivity contribution in [1.82, 2.24) is 0 Å². The zero-order chi connectivity index (χ0) is 13.8. The summed E-state index contributed by atoms with van der Waals surface area (Å²) >= 11 is 1.61. The Morgan fingerprint density at radius 1 is 0.947 bits per heavy atom. The summed E-state index contributed by atoms with van der Waals surface area (Å²) in [7, 11) is 0. The van der Waals surface area contributed by atoms with Crippen molar-refractivity contribution in [2.75, 3.05) is 0 Å². The molecule has 0 spiro atoms. The SMILES string of the molecule is CCc1ccc(C(=O)c2ccc(CC)c(CC)c2)s1. The van der Waals surface area contributed by atoms with Crippen molar-refractivity contribution in [2.45, 2.75) is 40.0 Å². The van der Waals surface area contributed by atoms with E-state index in [1.165, 1.54) is 16.0 Å². The average molecular weight is 272 g/mol. The Morgan fingerprint density at radius 2 is 1.68 bits per heavy atom. The van der Waals surface area contributed by atoms with Crippen molar-refractivity contribution in [3.05, 3.63) is 56.8 Å². The third kappa shape index (κ3) is 2.95. The molecule has 1 heterocycles. The fourth-order valence-corrected chi connectivity index (χ4v) is 3.18. The number of hydrogen-bond acceptors (Lipinski definition) is 2. The summed E-state index contributed by atoms with van der Waals surface area (Å²) in [5, 5.41) is 0. The third-order valence-electron chi connectivity index (χ3n) is 3.46. The van der Waals surface area contributed by atoms with Crippen molar-refractivity contribution in [3.63, 3.8) is 0 Å². The predicted molar refractivity (Wildman–Crippen MR) is 82.3 cm³/mol. The Bertz CT molecular complexity index is 581. The van der Waals surface area contributed by atoms with Crippen LogP contribution in [0, 0.1) is 0 Å². The van der Waals surface area contributed by atoms with Crippen molar-refractivity contribution < 1.29 is 4.79 Å². The summed E-state index contributed by atoms with van der Waals surface area (Å²) in [6.45, 7) is 6.41. The molecule has 0 radical (unpaired) electrons. The van der Waals surface area contributed by atoms with Crippen LogP contribution < -0.4 is 0 Å². The fourth-order valence-electron chi connectivity index (χ4n) is 2.27. The van der Waals surface area contributed by atoms with E-state index in [-0.39, 0.29) is 5.78 Å². The Labute approximate surface area is 119 Å². The van der Waals surface area contributed by atoms with Crippen LogP contribution in [-0.4, -0.2) is 5.78 Å². The Kier molecular flexibility index (Phi) is 4.54. The molecule has 2 aromatic rings. The molecule has 0 aliphatic rings. The standard InChI is InChI=1S/C17H20OS/c1-4-12-7-8-14(11-13(12)5-2)17(18)16-10-9-15(6-3)19-16/h7-11H,4-6H2,1-3H3. The normalized spacial score (nSPS) is 10.7. The van der Waals surface area contributed by atoms with Gasteiger partial charge in [0.05, 0.1) is 4.88 Å². The van der Waals surface area contributed by atoms with E-state index >= 15 is 0 Å². The van der Waals surface area contributed by atoms with Crippen molar-refractivity contribution in [3.8, 4) is 0 Å². The zero-order valence-electron chi connectivity index (χ0n) is 11.8. The second kappa shape index (κ2) is 6.16. The molecular weight excluding hydrogens is 252 g/mol. The lowest BCUT2D eigenvalue weighted by atomic mass is 9.98. The topological polar surface area (TPSA) is 17.1 Å². The highest BCUT2D eigenvalue weighted by Crippen LogP contribution is 2.22. The van der Waals surface area contributed by atoms with Crippen LogP contribution in [0.3, 0.4) is 0 Å². The molecular formula is C17H20OS. The predicted octanol–water partition coefficient (Wildman–Crippen LogP) is 4.67. The molecule has 19 heavy (non-hydrogen) atoms. The molecule has 1 aromatic heterocycles. The molecule has 0 unspecified atom stereocenters. The first kappa shape index (κ1) is 14.0. The van der Waals surface area contributed by atoms with Gasteiger partial charge in [0, 0.05) is 10.4 Å². The average Bonchev–Trinajstić information content (AvgIpc) is 2.94. The van der Waals surface area contributed by atoms with Gasteiger partial charge in [-0.15, -0.1) is 11.3 Å². The molecule has 2 rings (SSSR count). The highest BCUT2D eigenvalue weighted by molar-refractivity contribution is 7.14. The fraction of sp³-hybridized carbons (Fsp3) is 0.353. The van der Waals surface area contributed by atoms with E-state index in [0.717, 1.165) is 29.7 Å². The molecule has 0 aliphatic heterocycles. The summed E-state index contributed by atoms with van der Waals surface area (Å²) in [6, 6.07) is 10.1. The van der Waals surface area contributed by atoms with Crippen LogP contribution in [0.25, 0.3) is 0 Å². The lowest BCUT2D eigenvalue weighted by Crippen LogP contribution is -2.01. The van der Waals surface area contributed by atoms with Gasteiger partial charge in [-0.3, -0.25) is 4.79 Å². The largest absolute Gasteiger partial charge is 0.288 e. The first-order valence-electron chi connectivity index (χ1n) is 6.94. The van der Waals surface area contributed by atoms with Gasteiger partial charge in [0.1, 0.15) is 0 Å². The van der Waals surface area contributed by atoms with Crippen molar-refractivity contribution in [2.24, 2.45) is 0 Å². The summed E-state index contributed by atoms with van der Waals surface area (Å²) in [6.07, 6.45) is 3.00. The van der Waals surface area contributed by atoms with E-state index in [4.69, 9.17) is 0 Å². The van der Waals surface area contributed by atoms with Crippen LogP contribution >= 0.6 is 11.3 Å². The molecule has 0 fully saturated rings. The molecule has 100 valence electrons. The van der Waals surface area contributed by atoms with Gasteiger partial charge in [0.2, 0.25) is 5.78 Å². The van der Waals surface area contributed by atoms with Gasteiger partial charge in [0.15, 0.2) is 0 Å². The Hall–Kier alpha value is -1.41. The quantitative estimate of drug-likeness (QED) is 0.723. The van der Waals surface area contributed by atoms with Crippen LogP contribution in [0.15, 0.2) is 30.3 Å². The highest BCUT2D eigenvalue weighted by atomic mass is 32.1. The van der Waals surface area contributed by atoms with Crippen molar-refractivity contribution >= 4 is 17.1 Å². The molecule has 0 N–H and O–H groups in total. The number of carbonyl (C=O) groups is 1. The minimum atomic E-state index is 0.155. The maximum atomic E-state index is 12.5. The van der Waals surface area contributed by atoms with Crippen LogP contribution in [0.4, 0.5) is 0 Å². The minimum Gasteiger partial charge on any atom is -0.288 e. The van der Waals surface area contributed by atoms with E-state index in [1.807, 2.05) is 12.1 Å². The number of hydrogen-bond donors (Lipinski definition) is 0. The van der Waals surface area contributed by atoms with E-state index < -0.39 is 0 Å². The molecule has 1 nitrogen and oxygen atoms in total. The molecule has 0 bridgehead atoms. The Morgan fingerprint density at radius 3 is 2.26 bits per heavy atom. The molecule has 0 saturated heterocycles. The number of benzene rings is 1. The number of carbonyl (C=O) groups excluding carboxylic acids is 1. The number of rotatable bonds is 5. The smallest absolute Gasteiger partial charge is 0.202 e. The lowest BCUT2D eigenvalue weighted by molar-refractivity contribution is 0.104. The minimum absolute atomic E-state index is 0.155. The number of ketones is 1. The molecule has 0 aliphatic carbocycles. The summed E-state index contributed by atoms with van der Waals surface area (Å²) in [5.74, 6) is 0.155. The second-order valence-electron chi connectivity index (χ2n) is 4.64. The van der Waals surface area contributed by atoms with Crippen LogP contribution in [-0.2, 0) is 19.3 Å². The van der Waals surface area contributed by atoms with Gasteiger partial charge < -0.3 is 0 Å².